The van der Waals surface area contributed by atoms with Crippen LogP contribution in [0.5, 0.6) is 0 Å². The highest BCUT2D eigenvalue weighted by atomic mass is 16.5. The molecule has 27 heavy (non-hydrogen) atoms. The van der Waals surface area contributed by atoms with E-state index in [-0.39, 0.29) is 5.60 Å². The molecular weight excluding hydrogens is 338 g/mol. The van der Waals surface area contributed by atoms with E-state index in [0.29, 0.717) is 6.54 Å². The highest BCUT2D eigenvalue weighted by molar-refractivity contribution is 5.79. The van der Waals surface area contributed by atoms with E-state index in [4.69, 9.17) is 4.74 Å². The van der Waals surface area contributed by atoms with Crippen molar-refractivity contribution in [2.24, 2.45) is 4.99 Å². The number of piperazine rings is 1. The van der Waals surface area contributed by atoms with Gasteiger partial charge in [-0.3, -0.25) is 9.89 Å². The van der Waals surface area contributed by atoms with Gasteiger partial charge in [-0.15, -0.1) is 0 Å². The number of guanidine groups is 1. The molecule has 6 nitrogen and oxygen atoms in total. The fraction of sp³-hybridized carbons (Fsp3) is 0.667. The van der Waals surface area contributed by atoms with Crippen molar-refractivity contribution in [3.05, 3.63) is 30.3 Å². The van der Waals surface area contributed by atoms with Crippen LogP contribution < -0.4 is 15.5 Å². The lowest BCUT2D eigenvalue weighted by Gasteiger charge is -2.36. The summed E-state index contributed by atoms with van der Waals surface area (Å²) in [5.74, 6) is 0.872. The van der Waals surface area contributed by atoms with Gasteiger partial charge in [0.05, 0.1) is 12.1 Å². The van der Waals surface area contributed by atoms with Gasteiger partial charge in [0, 0.05) is 52.1 Å². The average molecular weight is 376 g/mol. The molecule has 1 saturated heterocycles. The summed E-state index contributed by atoms with van der Waals surface area (Å²) < 4.78 is 5.44. The van der Waals surface area contributed by atoms with Gasteiger partial charge in [0.25, 0.3) is 0 Å². The average Bonchev–Trinajstić information content (AvgIpc) is 2.70. The zero-order chi connectivity index (χ0) is 19.5. The van der Waals surface area contributed by atoms with Crippen molar-refractivity contribution in [3.63, 3.8) is 0 Å². The number of methoxy groups -OCH3 is 1. The summed E-state index contributed by atoms with van der Waals surface area (Å²) in [4.78, 5) is 9.66. The molecule has 152 valence electrons. The summed E-state index contributed by atoms with van der Waals surface area (Å²) in [6, 6.07) is 10.7. The van der Waals surface area contributed by atoms with Crippen LogP contribution in [0.1, 0.15) is 27.2 Å². The Balaban J connectivity index is 1.66. The molecule has 0 amide bonds. The van der Waals surface area contributed by atoms with Crippen molar-refractivity contribution in [3.8, 4) is 0 Å². The van der Waals surface area contributed by atoms with Gasteiger partial charge in [-0.2, -0.15) is 0 Å². The normalized spacial score (nSPS) is 16.4. The fourth-order valence-electron chi connectivity index (χ4n) is 3.05. The molecular formula is C21H37N5O. The van der Waals surface area contributed by atoms with Gasteiger partial charge in [0.15, 0.2) is 5.96 Å². The van der Waals surface area contributed by atoms with Gasteiger partial charge in [-0.25, -0.2) is 0 Å². The standard InChI is InChI=1S/C21H37N5O/c1-5-22-20(24-18-21(2,3)27-4)23-12-9-13-25-14-16-26(17-15-25)19-10-7-6-8-11-19/h6-8,10-11H,5,9,12-18H2,1-4H3,(H2,22,23,24). The number of ether oxygens (including phenoxy) is 1. The molecule has 6 heteroatoms. The highest BCUT2D eigenvalue weighted by Gasteiger charge is 2.17. The Kier molecular flexibility index (Phi) is 8.88. The van der Waals surface area contributed by atoms with Crippen molar-refractivity contribution < 1.29 is 4.74 Å². The Morgan fingerprint density at radius 2 is 1.81 bits per heavy atom. The van der Waals surface area contributed by atoms with Crippen LogP contribution in [0.25, 0.3) is 0 Å². The first-order valence-corrected chi connectivity index (χ1v) is 10.1. The number of benzene rings is 1. The molecule has 0 unspecified atom stereocenters. The third-order valence-corrected chi connectivity index (χ3v) is 4.95. The van der Waals surface area contributed by atoms with Crippen LogP contribution in [0.15, 0.2) is 35.3 Å². The largest absolute Gasteiger partial charge is 0.377 e. The summed E-state index contributed by atoms with van der Waals surface area (Å²) in [5.41, 5.74) is 1.10. The van der Waals surface area contributed by atoms with Gasteiger partial charge in [-0.1, -0.05) is 18.2 Å². The van der Waals surface area contributed by atoms with E-state index in [2.05, 4.69) is 76.5 Å². The Morgan fingerprint density at radius 3 is 2.44 bits per heavy atom. The number of para-hydroxylation sites is 1. The lowest BCUT2D eigenvalue weighted by atomic mass is 10.1. The molecule has 1 aromatic carbocycles. The fourth-order valence-corrected chi connectivity index (χ4v) is 3.05. The Hall–Kier alpha value is -1.79. The van der Waals surface area contributed by atoms with Crippen molar-refractivity contribution in [2.45, 2.75) is 32.8 Å². The molecule has 1 aromatic rings. The SMILES string of the molecule is CCNC(=NCC(C)(C)OC)NCCCN1CCN(c2ccccc2)CC1. The molecule has 0 aliphatic carbocycles. The minimum absolute atomic E-state index is 0.235. The zero-order valence-electron chi connectivity index (χ0n) is 17.5. The second-order valence-corrected chi connectivity index (χ2v) is 7.60. The maximum Gasteiger partial charge on any atom is 0.191 e. The molecule has 2 N–H and O–H groups in total. The first kappa shape index (κ1) is 21.5. The molecule has 1 aliphatic heterocycles. The maximum atomic E-state index is 5.44. The molecule has 1 heterocycles. The van der Waals surface area contributed by atoms with Crippen molar-refractivity contribution in [1.29, 1.82) is 0 Å². The van der Waals surface area contributed by atoms with E-state index in [1.165, 1.54) is 5.69 Å². The van der Waals surface area contributed by atoms with Crippen molar-refractivity contribution in [2.75, 3.05) is 64.4 Å². The Bertz CT molecular complexity index is 553. The number of hydrogen-bond acceptors (Lipinski definition) is 4. The van der Waals surface area contributed by atoms with Gasteiger partial charge < -0.3 is 20.3 Å². The highest BCUT2D eigenvalue weighted by Crippen LogP contribution is 2.15. The second-order valence-electron chi connectivity index (χ2n) is 7.60. The summed E-state index contributed by atoms with van der Waals surface area (Å²) in [6.07, 6.45) is 1.11. The van der Waals surface area contributed by atoms with Crippen molar-refractivity contribution >= 4 is 11.6 Å². The molecule has 0 atom stereocenters. The van der Waals surface area contributed by atoms with Gasteiger partial charge in [0.2, 0.25) is 0 Å². The molecule has 0 radical (unpaired) electrons. The van der Waals surface area contributed by atoms with E-state index < -0.39 is 0 Å². The van der Waals surface area contributed by atoms with Crippen LogP contribution in [0, 0.1) is 0 Å². The van der Waals surface area contributed by atoms with E-state index in [1.54, 1.807) is 7.11 Å². The van der Waals surface area contributed by atoms with E-state index in [0.717, 1.165) is 58.2 Å². The predicted octanol–water partition coefficient (Wildman–Crippen LogP) is 2.18. The number of anilines is 1. The van der Waals surface area contributed by atoms with E-state index in [1.807, 2.05) is 0 Å². The number of hydrogen-bond donors (Lipinski definition) is 2. The van der Waals surface area contributed by atoms with Gasteiger partial charge >= 0.3 is 0 Å². The molecule has 0 aromatic heterocycles. The Morgan fingerprint density at radius 1 is 1.11 bits per heavy atom. The molecule has 0 saturated carbocycles. The van der Waals surface area contributed by atoms with Gasteiger partial charge in [-0.05, 0) is 45.9 Å². The van der Waals surface area contributed by atoms with Crippen molar-refractivity contribution in [1.82, 2.24) is 15.5 Å². The number of aliphatic imine (C=N–C) groups is 1. The first-order valence-electron chi connectivity index (χ1n) is 10.1. The first-order chi connectivity index (χ1) is 13.0. The van der Waals surface area contributed by atoms with E-state index >= 15 is 0 Å². The van der Waals surface area contributed by atoms with Crippen LogP contribution in [-0.2, 0) is 4.74 Å². The monoisotopic (exact) mass is 375 g/mol. The second kappa shape index (κ2) is 11.1. The van der Waals surface area contributed by atoms with Crippen LogP contribution in [0.2, 0.25) is 0 Å². The third-order valence-electron chi connectivity index (χ3n) is 4.95. The molecule has 2 rings (SSSR count). The molecule has 0 bridgehead atoms. The summed E-state index contributed by atoms with van der Waals surface area (Å²) in [6.45, 7) is 14.2. The number of nitrogens with one attached hydrogen (secondary N) is 2. The zero-order valence-corrected chi connectivity index (χ0v) is 17.5. The predicted molar refractivity (Wildman–Crippen MR) is 115 cm³/mol. The van der Waals surface area contributed by atoms with E-state index in [9.17, 15) is 0 Å². The van der Waals surface area contributed by atoms with Crippen LogP contribution >= 0.6 is 0 Å². The van der Waals surface area contributed by atoms with Crippen LogP contribution in [0.3, 0.4) is 0 Å². The summed E-state index contributed by atoms with van der Waals surface area (Å²) in [5, 5.41) is 6.74. The van der Waals surface area contributed by atoms with Gasteiger partial charge in [0.1, 0.15) is 0 Å². The minimum Gasteiger partial charge on any atom is -0.377 e. The summed E-state index contributed by atoms with van der Waals surface area (Å²) >= 11 is 0. The minimum atomic E-state index is -0.235. The third kappa shape index (κ3) is 7.77. The number of nitrogens with zero attached hydrogens (tertiary/aromatic N) is 3. The smallest absolute Gasteiger partial charge is 0.191 e. The Labute approximate surface area is 165 Å². The van der Waals surface area contributed by atoms with Crippen LogP contribution in [0.4, 0.5) is 5.69 Å². The molecule has 0 spiro atoms. The molecule has 1 aliphatic rings. The quantitative estimate of drug-likeness (QED) is 0.394. The lowest BCUT2D eigenvalue weighted by Crippen LogP contribution is -2.47. The maximum absolute atomic E-state index is 5.44. The lowest BCUT2D eigenvalue weighted by molar-refractivity contribution is 0.0310. The number of rotatable bonds is 9. The molecule has 1 fully saturated rings. The topological polar surface area (TPSA) is 52.1 Å². The summed E-state index contributed by atoms with van der Waals surface area (Å²) in [7, 11) is 1.73. The van der Waals surface area contributed by atoms with Crippen LogP contribution in [-0.4, -0.2) is 75.9 Å².